The average molecular weight is 840 g/mol. The zero-order valence-electron chi connectivity index (χ0n) is 34.8. The van der Waals surface area contributed by atoms with E-state index in [1.807, 2.05) is 29.1 Å². The first-order valence-corrected chi connectivity index (χ1v) is 24.4. The summed E-state index contributed by atoms with van der Waals surface area (Å²) < 4.78 is 13.9. The van der Waals surface area contributed by atoms with E-state index in [0.29, 0.717) is 0 Å². The van der Waals surface area contributed by atoms with Crippen LogP contribution in [0.5, 0.6) is 0 Å². The van der Waals surface area contributed by atoms with Gasteiger partial charge in [-0.1, -0.05) is 218 Å². The molecule has 1 atom stereocenters. The number of hydrogen-bond donors (Lipinski definition) is 0. The smallest absolute Gasteiger partial charge is 0.164 e. The maximum atomic E-state index is 6.02. The fourth-order valence-electron chi connectivity index (χ4n) is 8.13. The van der Waals surface area contributed by atoms with Gasteiger partial charge in [0.05, 0.1) is 42.8 Å². The highest BCUT2D eigenvalue weighted by atomic mass is 31.2. The minimum absolute atomic E-state index is 0.247. The number of aromatic nitrogens is 2. The minimum atomic E-state index is -2.67. The van der Waals surface area contributed by atoms with Crippen molar-refractivity contribution in [1.82, 2.24) is 9.78 Å². The van der Waals surface area contributed by atoms with E-state index in [1.165, 1.54) is 15.9 Å². The van der Waals surface area contributed by atoms with Crippen molar-refractivity contribution >= 4 is 63.7 Å². The Hall–Kier alpha value is -6.90. The van der Waals surface area contributed by atoms with Crippen LogP contribution in [0.4, 0.5) is 11.5 Å². The van der Waals surface area contributed by atoms with Crippen molar-refractivity contribution in [2.24, 2.45) is 14.5 Å². The highest BCUT2D eigenvalue weighted by Gasteiger charge is 2.31. The number of para-hydroxylation sites is 1. The van der Waals surface area contributed by atoms with Crippen LogP contribution in [0.3, 0.4) is 0 Å². The van der Waals surface area contributed by atoms with Gasteiger partial charge in [-0.25, -0.2) is 9.43 Å². The van der Waals surface area contributed by atoms with Gasteiger partial charge in [0.15, 0.2) is 5.82 Å². The highest BCUT2D eigenvalue weighted by molar-refractivity contribution is 7.88. The van der Waals surface area contributed by atoms with Crippen LogP contribution in [0.15, 0.2) is 251 Å². The van der Waals surface area contributed by atoms with Crippen LogP contribution in [0.2, 0.25) is 0 Å². The summed E-state index contributed by atoms with van der Waals surface area (Å²) in [6.45, 7) is 4.21. The van der Waals surface area contributed by atoms with Gasteiger partial charge < -0.3 is 0 Å². The van der Waals surface area contributed by atoms with Crippen LogP contribution in [0.25, 0.3) is 5.69 Å². The molecule has 5 nitrogen and oxygen atoms in total. The summed E-state index contributed by atoms with van der Waals surface area (Å²) in [6, 6.07) is 83.0. The van der Waals surface area contributed by atoms with E-state index in [2.05, 4.69) is 232 Å². The zero-order valence-corrected chi connectivity index (χ0v) is 36.6. The average Bonchev–Trinajstić information content (AvgIpc) is 3.67. The van der Waals surface area contributed by atoms with Gasteiger partial charge in [0.2, 0.25) is 0 Å². The molecule has 7 heteroatoms. The van der Waals surface area contributed by atoms with E-state index in [0.717, 1.165) is 49.9 Å². The minimum Gasteiger partial charge on any atom is -0.284 e. The number of benzene rings is 8. The van der Waals surface area contributed by atoms with Gasteiger partial charge in [-0.3, -0.25) is 9.74 Å². The van der Waals surface area contributed by atoms with Crippen molar-refractivity contribution in [1.29, 1.82) is 0 Å². The van der Waals surface area contributed by atoms with Crippen LogP contribution >= 0.6 is 14.1 Å². The topological polar surface area (TPSA) is 54.9 Å². The number of aliphatic imine (C=N–C) groups is 1. The lowest BCUT2D eigenvalue weighted by molar-refractivity contribution is 0.826. The Morgan fingerprint density at radius 1 is 0.435 bits per heavy atom. The fraction of sp³-hybridized carbons (Fsp3) is 0.0545. The molecular formula is C55H47N5P2. The Morgan fingerprint density at radius 2 is 0.774 bits per heavy atom. The normalized spacial score (nSPS) is 12.2. The van der Waals surface area contributed by atoms with Crippen molar-refractivity contribution in [3.63, 3.8) is 0 Å². The lowest BCUT2D eigenvalue weighted by atomic mass is 10.1. The first-order valence-electron chi connectivity index (χ1n) is 20.9. The Labute approximate surface area is 365 Å². The van der Waals surface area contributed by atoms with Crippen LogP contribution < -0.4 is 31.8 Å². The van der Waals surface area contributed by atoms with Gasteiger partial charge in [-0.05, 0) is 32.0 Å². The van der Waals surface area contributed by atoms with Crippen LogP contribution in [0.1, 0.15) is 29.8 Å². The SMILES string of the molecule is Cc1nn(-c2ccccc2)c(N=P(c2ccccc2)(c2ccccc2)c2ccccc2)c1C=N[C@@H](C)c1ccccc1N=P(c1ccccc1)(c1ccccc1)c1ccccc1. The van der Waals surface area contributed by atoms with E-state index in [9.17, 15) is 0 Å². The lowest BCUT2D eigenvalue weighted by Gasteiger charge is -2.27. The third kappa shape index (κ3) is 7.90. The fourth-order valence-corrected chi connectivity index (χ4v) is 15.2. The molecule has 8 aromatic carbocycles. The van der Waals surface area contributed by atoms with E-state index in [4.69, 9.17) is 19.6 Å². The molecule has 0 radical (unpaired) electrons. The van der Waals surface area contributed by atoms with E-state index in [1.54, 1.807) is 0 Å². The Kier molecular flexibility index (Phi) is 12.0. The molecule has 0 saturated heterocycles. The molecule has 0 spiro atoms. The van der Waals surface area contributed by atoms with Gasteiger partial charge in [0.25, 0.3) is 0 Å². The molecule has 1 aromatic heterocycles. The molecule has 0 amide bonds. The molecule has 1 heterocycles. The summed E-state index contributed by atoms with van der Waals surface area (Å²) in [5.41, 5.74) is 4.62. The Morgan fingerprint density at radius 3 is 1.18 bits per heavy atom. The number of nitrogens with zero attached hydrogens (tertiary/aromatic N) is 5. The molecule has 0 unspecified atom stereocenters. The monoisotopic (exact) mass is 839 g/mol. The second kappa shape index (κ2) is 18.4. The molecule has 0 bridgehead atoms. The molecule has 0 N–H and O–H groups in total. The first-order chi connectivity index (χ1) is 30.6. The van der Waals surface area contributed by atoms with Crippen molar-refractivity contribution < 1.29 is 0 Å². The van der Waals surface area contributed by atoms with Gasteiger partial charge in [-0.15, -0.1) is 0 Å². The highest BCUT2D eigenvalue weighted by Crippen LogP contribution is 2.52. The van der Waals surface area contributed by atoms with Crippen LogP contribution in [-0.2, 0) is 0 Å². The molecule has 62 heavy (non-hydrogen) atoms. The third-order valence-corrected chi connectivity index (χ3v) is 18.5. The van der Waals surface area contributed by atoms with E-state index >= 15 is 0 Å². The predicted molar refractivity (Wildman–Crippen MR) is 265 cm³/mol. The lowest BCUT2D eigenvalue weighted by Crippen LogP contribution is -2.25. The van der Waals surface area contributed by atoms with Crippen molar-refractivity contribution in [2.75, 3.05) is 0 Å². The second-order valence-corrected chi connectivity index (χ2v) is 21.1. The largest absolute Gasteiger partial charge is 0.284 e. The molecule has 9 rings (SSSR count). The molecule has 0 fully saturated rings. The summed E-state index contributed by atoms with van der Waals surface area (Å²) in [7, 11) is -5.20. The molecule has 9 aromatic rings. The summed E-state index contributed by atoms with van der Waals surface area (Å²) in [4.78, 5) is 5.38. The van der Waals surface area contributed by atoms with Crippen LogP contribution in [-0.4, -0.2) is 16.0 Å². The summed E-state index contributed by atoms with van der Waals surface area (Å²) in [6.07, 6.45) is 1.99. The van der Waals surface area contributed by atoms with Gasteiger partial charge >= 0.3 is 0 Å². The molecule has 0 aliphatic rings. The van der Waals surface area contributed by atoms with Gasteiger partial charge in [0, 0.05) is 43.6 Å². The molecule has 302 valence electrons. The number of aryl methyl sites for hydroxylation is 1. The Bertz CT molecular complexity index is 2820. The Balaban J connectivity index is 1.26. The molecule has 0 aliphatic carbocycles. The second-order valence-electron chi connectivity index (χ2n) is 15.1. The quantitative estimate of drug-likeness (QED) is 0.0893. The predicted octanol–water partition coefficient (Wildman–Crippen LogP) is 12.0. The standard InChI is InChI=1S/C55H47N5P2/c1-43(52-40-24-25-41-54(52)58-61(46-28-12-4-13-29-46,47-30-14-5-15-31-47)48-32-16-6-17-33-48)56-42-53-44(2)57-60(45-26-10-3-11-27-45)55(53)59-62(49-34-18-7-19-35-49,50-36-20-8-21-37-50)51-38-22-9-23-39-51/h3-43H,1-2H3/t43-/m0/s1. The number of rotatable bonds is 12. The van der Waals surface area contributed by atoms with Gasteiger partial charge in [0.1, 0.15) is 0 Å². The van der Waals surface area contributed by atoms with Crippen LogP contribution in [0, 0.1) is 6.92 Å². The molecule has 0 aliphatic heterocycles. The van der Waals surface area contributed by atoms with Crippen molar-refractivity contribution in [3.8, 4) is 5.69 Å². The molecular weight excluding hydrogens is 793 g/mol. The van der Waals surface area contributed by atoms with E-state index < -0.39 is 14.1 Å². The van der Waals surface area contributed by atoms with Gasteiger partial charge in [-0.2, -0.15) is 5.10 Å². The maximum Gasteiger partial charge on any atom is 0.164 e. The molecule has 0 saturated carbocycles. The third-order valence-electron chi connectivity index (χ3n) is 11.2. The maximum absolute atomic E-state index is 6.02. The number of hydrogen-bond acceptors (Lipinski definition) is 4. The first kappa shape index (κ1) is 40.5. The summed E-state index contributed by atoms with van der Waals surface area (Å²) >= 11 is 0. The van der Waals surface area contributed by atoms with Crippen molar-refractivity contribution in [3.05, 3.63) is 253 Å². The van der Waals surface area contributed by atoms with Crippen molar-refractivity contribution in [2.45, 2.75) is 19.9 Å². The summed E-state index contributed by atoms with van der Waals surface area (Å²) in [5.74, 6) is 0.759. The van der Waals surface area contributed by atoms with E-state index in [-0.39, 0.29) is 6.04 Å². The zero-order chi connectivity index (χ0) is 42.2. The summed E-state index contributed by atoms with van der Waals surface area (Å²) in [5, 5.41) is 12.3.